The number of rotatable bonds is 7. The second kappa shape index (κ2) is 9.15. The van der Waals surface area contributed by atoms with Gasteiger partial charge < -0.3 is 10.6 Å². The minimum atomic E-state index is -0.330. The van der Waals surface area contributed by atoms with Gasteiger partial charge in [0.1, 0.15) is 0 Å². The van der Waals surface area contributed by atoms with Gasteiger partial charge in [-0.2, -0.15) is 0 Å². The molecule has 26 heavy (non-hydrogen) atoms. The van der Waals surface area contributed by atoms with Crippen LogP contribution in [0.2, 0.25) is 0 Å². The van der Waals surface area contributed by atoms with Gasteiger partial charge in [-0.3, -0.25) is 14.5 Å². The van der Waals surface area contributed by atoms with Crippen LogP contribution in [0.5, 0.6) is 0 Å². The summed E-state index contributed by atoms with van der Waals surface area (Å²) in [6, 6.07) is 15.5. The Labute approximate surface area is 155 Å². The van der Waals surface area contributed by atoms with Gasteiger partial charge in [0.2, 0.25) is 11.8 Å². The van der Waals surface area contributed by atoms with Gasteiger partial charge in [0.15, 0.2) is 0 Å². The molecule has 0 radical (unpaired) electrons. The number of nitrogens with zero attached hydrogens (tertiary/aromatic N) is 1. The number of hydrogen-bond donors (Lipinski definition) is 2. The molecule has 0 aliphatic heterocycles. The molecular formula is C21H27N3O2. The first-order valence-corrected chi connectivity index (χ1v) is 8.76. The highest BCUT2D eigenvalue weighted by Gasteiger charge is 2.19. The predicted molar refractivity (Wildman–Crippen MR) is 105 cm³/mol. The van der Waals surface area contributed by atoms with Gasteiger partial charge in [0.25, 0.3) is 0 Å². The van der Waals surface area contributed by atoms with Crippen molar-refractivity contribution in [3.05, 3.63) is 65.2 Å². The van der Waals surface area contributed by atoms with Crippen molar-refractivity contribution in [1.82, 2.24) is 10.2 Å². The molecule has 0 aromatic heterocycles. The molecule has 0 saturated carbocycles. The molecule has 0 bridgehead atoms. The summed E-state index contributed by atoms with van der Waals surface area (Å²) in [5, 5.41) is 5.59. The first-order valence-electron chi connectivity index (χ1n) is 8.76. The number of hydrogen-bond acceptors (Lipinski definition) is 3. The zero-order valence-electron chi connectivity index (χ0n) is 15.9. The summed E-state index contributed by atoms with van der Waals surface area (Å²) in [4.78, 5) is 26.5. The van der Waals surface area contributed by atoms with E-state index in [2.05, 4.69) is 10.6 Å². The minimum Gasteiger partial charge on any atom is -0.346 e. The quantitative estimate of drug-likeness (QED) is 0.805. The van der Waals surface area contributed by atoms with E-state index >= 15 is 0 Å². The van der Waals surface area contributed by atoms with Crippen LogP contribution in [0.3, 0.4) is 0 Å². The third kappa shape index (κ3) is 5.43. The van der Waals surface area contributed by atoms with E-state index in [4.69, 9.17) is 0 Å². The first kappa shape index (κ1) is 19.7. The monoisotopic (exact) mass is 353 g/mol. The minimum absolute atomic E-state index is 0.0455. The van der Waals surface area contributed by atoms with Crippen LogP contribution in [0.4, 0.5) is 5.69 Å². The van der Waals surface area contributed by atoms with Crippen LogP contribution in [-0.4, -0.2) is 36.3 Å². The molecule has 2 amide bonds. The zero-order chi connectivity index (χ0) is 19.1. The topological polar surface area (TPSA) is 61.4 Å². The molecule has 0 aliphatic carbocycles. The lowest BCUT2D eigenvalue weighted by atomic mass is 10.1. The van der Waals surface area contributed by atoms with E-state index in [9.17, 15) is 9.59 Å². The van der Waals surface area contributed by atoms with Gasteiger partial charge in [-0.15, -0.1) is 0 Å². The number of carbonyl (C=O) groups is 2. The van der Waals surface area contributed by atoms with Crippen LogP contribution in [0.25, 0.3) is 0 Å². The fraction of sp³-hybridized carbons (Fsp3) is 0.333. The van der Waals surface area contributed by atoms with Crippen molar-refractivity contribution >= 4 is 17.5 Å². The Morgan fingerprint density at radius 3 is 2.23 bits per heavy atom. The first-order chi connectivity index (χ1) is 12.4. The van der Waals surface area contributed by atoms with Gasteiger partial charge >= 0.3 is 0 Å². The molecule has 0 heterocycles. The molecule has 2 aromatic rings. The van der Waals surface area contributed by atoms with Crippen molar-refractivity contribution in [2.75, 3.05) is 18.9 Å². The highest BCUT2D eigenvalue weighted by Crippen LogP contribution is 2.19. The predicted octanol–water partition coefficient (Wildman–Crippen LogP) is 2.88. The molecule has 0 saturated heterocycles. The maximum Gasteiger partial charge on any atom is 0.243 e. The van der Waals surface area contributed by atoms with Crippen molar-refractivity contribution < 1.29 is 9.59 Å². The average molecular weight is 353 g/mol. The van der Waals surface area contributed by atoms with E-state index in [0.29, 0.717) is 6.54 Å². The summed E-state index contributed by atoms with van der Waals surface area (Å²) in [6.07, 6.45) is 0. The third-order valence-electron chi connectivity index (χ3n) is 4.48. The molecule has 2 aromatic carbocycles. The van der Waals surface area contributed by atoms with E-state index in [1.165, 1.54) is 0 Å². The van der Waals surface area contributed by atoms with Crippen molar-refractivity contribution in [2.24, 2.45) is 0 Å². The SMILES string of the molecule is Cc1cccc(C)c1NC(=O)CNC(=O)[C@H](C)N(C)Cc1ccccc1. The van der Waals surface area contributed by atoms with Crippen molar-refractivity contribution in [2.45, 2.75) is 33.4 Å². The molecule has 0 fully saturated rings. The normalized spacial score (nSPS) is 11.9. The van der Waals surface area contributed by atoms with Gasteiger partial charge in [0, 0.05) is 12.2 Å². The third-order valence-corrected chi connectivity index (χ3v) is 4.48. The lowest BCUT2D eigenvalue weighted by Gasteiger charge is -2.24. The van der Waals surface area contributed by atoms with E-state index in [-0.39, 0.29) is 24.4 Å². The summed E-state index contributed by atoms with van der Waals surface area (Å²) < 4.78 is 0. The molecule has 2 rings (SSSR count). The van der Waals surface area contributed by atoms with Gasteiger partial charge in [-0.1, -0.05) is 48.5 Å². The standard InChI is InChI=1S/C21H27N3O2/c1-15-9-8-10-16(2)20(15)23-19(25)13-22-21(26)17(3)24(4)14-18-11-6-5-7-12-18/h5-12,17H,13-14H2,1-4H3,(H,22,26)(H,23,25)/t17-/m0/s1. The van der Waals surface area contributed by atoms with E-state index < -0.39 is 0 Å². The number of para-hydroxylation sites is 1. The van der Waals surface area contributed by atoms with Gasteiger partial charge in [0.05, 0.1) is 12.6 Å². The number of benzene rings is 2. The molecule has 1 atom stereocenters. The number of carbonyl (C=O) groups excluding carboxylic acids is 2. The molecular weight excluding hydrogens is 326 g/mol. The molecule has 0 aliphatic rings. The average Bonchev–Trinajstić information content (AvgIpc) is 2.63. The van der Waals surface area contributed by atoms with Gasteiger partial charge in [-0.25, -0.2) is 0 Å². The number of anilines is 1. The molecule has 0 spiro atoms. The molecule has 2 N–H and O–H groups in total. The fourth-order valence-electron chi connectivity index (χ4n) is 2.72. The summed E-state index contributed by atoms with van der Waals surface area (Å²) >= 11 is 0. The van der Waals surface area contributed by atoms with Crippen molar-refractivity contribution in [3.63, 3.8) is 0 Å². The Morgan fingerprint density at radius 1 is 1.00 bits per heavy atom. The van der Waals surface area contributed by atoms with Crippen LogP contribution in [0.15, 0.2) is 48.5 Å². The Kier molecular flexibility index (Phi) is 6.92. The fourth-order valence-corrected chi connectivity index (χ4v) is 2.72. The van der Waals surface area contributed by atoms with Crippen LogP contribution in [0, 0.1) is 13.8 Å². The van der Waals surface area contributed by atoms with E-state index in [1.807, 2.05) is 81.2 Å². The lowest BCUT2D eigenvalue weighted by Crippen LogP contribution is -2.45. The maximum absolute atomic E-state index is 12.3. The van der Waals surface area contributed by atoms with E-state index in [0.717, 1.165) is 22.4 Å². The summed E-state index contributed by atoms with van der Waals surface area (Å²) in [6.45, 7) is 6.35. The Morgan fingerprint density at radius 2 is 1.62 bits per heavy atom. The Bertz CT molecular complexity index is 739. The van der Waals surface area contributed by atoms with Crippen molar-refractivity contribution in [1.29, 1.82) is 0 Å². The molecule has 5 nitrogen and oxygen atoms in total. The molecule has 138 valence electrons. The second-order valence-corrected chi connectivity index (χ2v) is 6.61. The highest BCUT2D eigenvalue weighted by atomic mass is 16.2. The zero-order valence-corrected chi connectivity index (χ0v) is 15.9. The highest BCUT2D eigenvalue weighted by molar-refractivity contribution is 5.96. The summed E-state index contributed by atoms with van der Waals surface area (Å²) in [5.74, 6) is -0.395. The Balaban J connectivity index is 1.84. The number of likely N-dealkylation sites (N-methyl/N-ethyl adjacent to an activating group) is 1. The number of amides is 2. The summed E-state index contributed by atoms with van der Waals surface area (Å²) in [7, 11) is 1.90. The van der Waals surface area contributed by atoms with Crippen LogP contribution in [-0.2, 0) is 16.1 Å². The van der Waals surface area contributed by atoms with E-state index in [1.54, 1.807) is 0 Å². The Hall–Kier alpha value is -2.66. The number of nitrogens with one attached hydrogen (secondary N) is 2. The molecule has 0 unspecified atom stereocenters. The van der Waals surface area contributed by atoms with Crippen LogP contribution in [0.1, 0.15) is 23.6 Å². The largest absolute Gasteiger partial charge is 0.346 e. The van der Waals surface area contributed by atoms with Crippen molar-refractivity contribution in [3.8, 4) is 0 Å². The smallest absolute Gasteiger partial charge is 0.243 e. The maximum atomic E-state index is 12.3. The number of aryl methyl sites for hydroxylation is 2. The second-order valence-electron chi connectivity index (χ2n) is 6.61. The molecule has 5 heteroatoms. The van der Waals surface area contributed by atoms with Crippen LogP contribution >= 0.6 is 0 Å². The summed E-state index contributed by atoms with van der Waals surface area (Å²) in [5.41, 5.74) is 3.95. The van der Waals surface area contributed by atoms with Crippen LogP contribution < -0.4 is 10.6 Å². The van der Waals surface area contributed by atoms with Gasteiger partial charge in [-0.05, 0) is 44.5 Å². The lowest BCUT2D eigenvalue weighted by molar-refractivity contribution is -0.127.